The molecular formula is C16H15N3O2. The molecule has 0 aromatic heterocycles. The van der Waals surface area contributed by atoms with Crippen molar-refractivity contribution in [2.24, 2.45) is 0 Å². The average Bonchev–Trinajstić information content (AvgIpc) is 2.50. The molecule has 106 valence electrons. The van der Waals surface area contributed by atoms with Gasteiger partial charge in [0.25, 0.3) is 5.91 Å². The molecule has 0 fully saturated rings. The van der Waals surface area contributed by atoms with Crippen LogP contribution in [0.4, 0.5) is 11.4 Å². The Morgan fingerprint density at radius 3 is 2.67 bits per heavy atom. The third-order valence-corrected chi connectivity index (χ3v) is 3.11. The average molecular weight is 281 g/mol. The van der Waals surface area contributed by atoms with Gasteiger partial charge in [-0.25, -0.2) is 0 Å². The molecule has 0 unspecified atom stereocenters. The zero-order valence-corrected chi connectivity index (χ0v) is 11.8. The Kier molecular flexibility index (Phi) is 4.10. The Balaban J connectivity index is 2.27. The standard InChI is InChI=1S/C16H15N3O2/c1-10-7-12(4-5-13(10)18)16(20)19-14-6-3-11(9-17)8-15(14)21-2/h3-8H,18H2,1-2H3,(H,19,20). The van der Waals surface area contributed by atoms with Crippen molar-refractivity contribution in [3.8, 4) is 11.8 Å². The quantitative estimate of drug-likeness (QED) is 0.847. The van der Waals surface area contributed by atoms with E-state index in [0.29, 0.717) is 28.3 Å². The van der Waals surface area contributed by atoms with Crippen molar-refractivity contribution in [1.29, 1.82) is 5.26 Å². The summed E-state index contributed by atoms with van der Waals surface area (Å²) in [6.45, 7) is 1.84. The van der Waals surface area contributed by atoms with Gasteiger partial charge in [-0.05, 0) is 42.8 Å². The van der Waals surface area contributed by atoms with Crippen molar-refractivity contribution in [2.45, 2.75) is 6.92 Å². The van der Waals surface area contributed by atoms with Gasteiger partial charge in [-0.3, -0.25) is 4.79 Å². The lowest BCUT2D eigenvalue weighted by Crippen LogP contribution is -2.13. The lowest BCUT2D eigenvalue weighted by atomic mass is 10.1. The molecule has 21 heavy (non-hydrogen) atoms. The van der Waals surface area contributed by atoms with Crippen LogP contribution in [0.15, 0.2) is 36.4 Å². The van der Waals surface area contributed by atoms with Crippen molar-refractivity contribution >= 4 is 17.3 Å². The second-order valence-corrected chi connectivity index (χ2v) is 4.55. The number of nitrogens with two attached hydrogens (primary N) is 1. The van der Waals surface area contributed by atoms with Gasteiger partial charge < -0.3 is 15.8 Å². The molecule has 2 aromatic rings. The molecule has 0 atom stereocenters. The van der Waals surface area contributed by atoms with Crippen LogP contribution in [0.1, 0.15) is 21.5 Å². The number of nitrogens with one attached hydrogen (secondary N) is 1. The molecule has 0 saturated carbocycles. The summed E-state index contributed by atoms with van der Waals surface area (Å²) in [5.74, 6) is 0.177. The minimum absolute atomic E-state index is 0.263. The molecule has 5 heteroatoms. The van der Waals surface area contributed by atoms with Crippen LogP contribution >= 0.6 is 0 Å². The van der Waals surface area contributed by atoms with E-state index in [9.17, 15) is 4.79 Å². The predicted molar refractivity (Wildman–Crippen MR) is 81.3 cm³/mol. The highest BCUT2D eigenvalue weighted by atomic mass is 16.5. The van der Waals surface area contributed by atoms with Crippen molar-refractivity contribution in [3.63, 3.8) is 0 Å². The number of anilines is 2. The molecule has 2 aromatic carbocycles. The number of carbonyl (C=O) groups excluding carboxylic acids is 1. The van der Waals surface area contributed by atoms with Gasteiger partial charge in [0.1, 0.15) is 5.75 Å². The first-order chi connectivity index (χ1) is 10.0. The zero-order valence-electron chi connectivity index (χ0n) is 11.8. The lowest BCUT2D eigenvalue weighted by molar-refractivity contribution is 0.102. The molecular weight excluding hydrogens is 266 g/mol. The number of carbonyl (C=O) groups is 1. The maximum absolute atomic E-state index is 12.2. The Morgan fingerprint density at radius 2 is 2.05 bits per heavy atom. The number of aryl methyl sites for hydroxylation is 1. The smallest absolute Gasteiger partial charge is 0.255 e. The van der Waals surface area contributed by atoms with Crippen LogP contribution in [0.3, 0.4) is 0 Å². The van der Waals surface area contributed by atoms with E-state index >= 15 is 0 Å². The van der Waals surface area contributed by atoms with E-state index in [-0.39, 0.29) is 5.91 Å². The van der Waals surface area contributed by atoms with Gasteiger partial charge in [-0.2, -0.15) is 5.26 Å². The second kappa shape index (κ2) is 5.97. The molecule has 0 bridgehead atoms. The summed E-state index contributed by atoms with van der Waals surface area (Å²) in [6, 6.07) is 11.9. The molecule has 1 amide bonds. The van der Waals surface area contributed by atoms with E-state index in [4.69, 9.17) is 15.7 Å². The summed E-state index contributed by atoms with van der Waals surface area (Å²) in [7, 11) is 1.49. The molecule has 3 N–H and O–H groups in total. The number of rotatable bonds is 3. The summed E-state index contributed by atoms with van der Waals surface area (Å²) in [5, 5.41) is 11.6. The largest absolute Gasteiger partial charge is 0.495 e. The highest BCUT2D eigenvalue weighted by Gasteiger charge is 2.11. The summed E-state index contributed by atoms with van der Waals surface area (Å²) in [4.78, 5) is 12.2. The summed E-state index contributed by atoms with van der Waals surface area (Å²) in [6.07, 6.45) is 0. The number of methoxy groups -OCH3 is 1. The molecule has 0 heterocycles. The van der Waals surface area contributed by atoms with Gasteiger partial charge in [0, 0.05) is 17.3 Å². The number of amides is 1. The maximum Gasteiger partial charge on any atom is 0.255 e. The molecule has 0 saturated heterocycles. The predicted octanol–water partition coefficient (Wildman–Crippen LogP) is 2.71. The summed E-state index contributed by atoms with van der Waals surface area (Å²) >= 11 is 0. The normalized spacial score (nSPS) is 9.76. The number of benzene rings is 2. The molecule has 5 nitrogen and oxygen atoms in total. The SMILES string of the molecule is COc1cc(C#N)ccc1NC(=O)c1ccc(N)c(C)c1. The minimum atomic E-state index is -0.263. The van der Waals surface area contributed by atoms with Gasteiger partial charge in [-0.15, -0.1) is 0 Å². The summed E-state index contributed by atoms with van der Waals surface area (Å²) < 4.78 is 5.18. The van der Waals surface area contributed by atoms with Crippen molar-refractivity contribution in [2.75, 3.05) is 18.2 Å². The van der Waals surface area contributed by atoms with Crippen molar-refractivity contribution in [3.05, 3.63) is 53.1 Å². The Morgan fingerprint density at radius 1 is 1.29 bits per heavy atom. The van der Waals surface area contributed by atoms with Gasteiger partial charge in [0.2, 0.25) is 0 Å². The van der Waals surface area contributed by atoms with Crippen molar-refractivity contribution in [1.82, 2.24) is 0 Å². The van der Waals surface area contributed by atoms with Crippen LogP contribution in [0.2, 0.25) is 0 Å². The van der Waals surface area contributed by atoms with Crippen LogP contribution in [-0.2, 0) is 0 Å². The number of ether oxygens (including phenoxy) is 1. The third kappa shape index (κ3) is 3.12. The minimum Gasteiger partial charge on any atom is -0.495 e. The fourth-order valence-corrected chi connectivity index (χ4v) is 1.88. The molecule has 2 rings (SSSR count). The van der Waals surface area contributed by atoms with E-state index in [1.807, 2.05) is 13.0 Å². The fraction of sp³-hybridized carbons (Fsp3) is 0.125. The first-order valence-corrected chi connectivity index (χ1v) is 6.30. The first-order valence-electron chi connectivity index (χ1n) is 6.30. The highest BCUT2D eigenvalue weighted by Crippen LogP contribution is 2.26. The number of nitriles is 1. The lowest BCUT2D eigenvalue weighted by Gasteiger charge is -2.11. The molecule has 0 spiro atoms. The second-order valence-electron chi connectivity index (χ2n) is 4.55. The first kappa shape index (κ1) is 14.4. The van der Waals surface area contributed by atoms with E-state index in [1.165, 1.54) is 7.11 Å². The molecule has 0 radical (unpaired) electrons. The number of hydrogen-bond acceptors (Lipinski definition) is 4. The van der Waals surface area contributed by atoms with Crippen LogP contribution in [0.5, 0.6) is 5.75 Å². The maximum atomic E-state index is 12.2. The Labute approximate surface area is 123 Å². The van der Waals surface area contributed by atoms with Gasteiger partial charge in [0.15, 0.2) is 0 Å². The topological polar surface area (TPSA) is 88.1 Å². The monoisotopic (exact) mass is 281 g/mol. The number of hydrogen-bond donors (Lipinski definition) is 2. The molecule has 0 aliphatic heterocycles. The van der Waals surface area contributed by atoms with Crippen LogP contribution in [0.25, 0.3) is 0 Å². The van der Waals surface area contributed by atoms with Crippen molar-refractivity contribution < 1.29 is 9.53 Å². The Bertz CT molecular complexity index is 733. The van der Waals surface area contributed by atoms with Crippen LogP contribution in [-0.4, -0.2) is 13.0 Å². The Hall–Kier alpha value is -3.00. The van der Waals surface area contributed by atoms with Gasteiger partial charge in [-0.1, -0.05) is 0 Å². The number of nitrogens with zero attached hydrogens (tertiary/aromatic N) is 1. The third-order valence-electron chi connectivity index (χ3n) is 3.11. The zero-order chi connectivity index (χ0) is 15.4. The molecule has 0 aliphatic rings. The van der Waals surface area contributed by atoms with Crippen LogP contribution in [0, 0.1) is 18.3 Å². The van der Waals surface area contributed by atoms with E-state index < -0.39 is 0 Å². The summed E-state index contributed by atoms with van der Waals surface area (Å²) in [5.41, 5.74) is 8.70. The van der Waals surface area contributed by atoms with E-state index in [1.54, 1.807) is 36.4 Å². The van der Waals surface area contributed by atoms with Gasteiger partial charge >= 0.3 is 0 Å². The highest BCUT2D eigenvalue weighted by molar-refractivity contribution is 6.05. The van der Waals surface area contributed by atoms with E-state index in [0.717, 1.165) is 5.56 Å². The van der Waals surface area contributed by atoms with Crippen LogP contribution < -0.4 is 15.8 Å². The number of nitrogen functional groups attached to an aromatic ring is 1. The van der Waals surface area contributed by atoms with E-state index in [2.05, 4.69) is 5.32 Å². The fourth-order valence-electron chi connectivity index (χ4n) is 1.88. The molecule has 0 aliphatic carbocycles. The van der Waals surface area contributed by atoms with Gasteiger partial charge in [0.05, 0.1) is 24.4 Å².